The van der Waals surface area contributed by atoms with Gasteiger partial charge in [-0.2, -0.15) is 0 Å². The second kappa shape index (κ2) is 8.68. The molecule has 0 N–H and O–H groups in total. The van der Waals surface area contributed by atoms with E-state index < -0.39 is 0 Å². The van der Waals surface area contributed by atoms with E-state index in [-0.39, 0.29) is 12.5 Å². The van der Waals surface area contributed by atoms with Gasteiger partial charge in [0.25, 0.3) is 5.91 Å². The van der Waals surface area contributed by atoms with Crippen LogP contribution < -0.4 is 4.74 Å². The molecule has 3 rings (SSSR count). The average Bonchev–Trinajstić information content (AvgIpc) is 3.12. The van der Waals surface area contributed by atoms with Gasteiger partial charge in [0.1, 0.15) is 5.75 Å². The molecular formula is C20H30N2O3. The topological polar surface area (TPSA) is 42.0 Å². The Kier molecular flexibility index (Phi) is 6.32. The van der Waals surface area contributed by atoms with Gasteiger partial charge in [-0.1, -0.05) is 12.1 Å². The predicted octanol–water partition coefficient (Wildman–Crippen LogP) is 2.33. The molecule has 2 fully saturated rings. The number of carbonyl (C=O) groups excluding carboxylic acids is 1. The lowest BCUT2D eigenvalue weighted by molar-refractivity contribution is -0.137. The number of likely N-dealkylation sites (tertiary alicyclic amines) is 1. The Bertz CT molecular complexity index is 564. The summed E-state index contributed by atoms with van der Waals surface area (Å²) in [6.45, 7) is 6.63. The minimum atomic E-state index is 0.1000. The first-order valence-electron chi connectivity index (χ1n) is 9.37. The normalized spacial score (nSPS) is 22.1. The second-order valence-electron chi connectivity index (χ2n) is 7.42. The fourth-order valence-corrected chi connectivity index (χ4v) is 3.70. The molecule has 5 heteroatoms. The number of carbonyl (C=O) groups is 1. The fourth-order valence-electron chi connectivity index (χ4n) is 3.70. The van der Waals surface area contributed by atoms with E-state index in [1.54, 1.807) is 0 Å². The van der Waals surface area contributed by atoms with E-state index >= 15 is 0 Å². The molecule has 1 atom stereocenters. The number of rotatable bonds is 6. The molecule has 1 aromatic carbocycles. The van der Waals surface area contributed by atoms with Crippen LogP contribution in [0.5, 0.6) is 5.75 Å². The third-order valence-electron chi connectivity index (χ3n) is 5.28. The van der Waals surface area contributed by atoms with Crippen LogP contribution in [0.2, 0.25) is 0 Å². The molecule has 5 nitrogen and oxygen atoms in total. The molecule has 0 spiro atoms. The molecule has 0 aliphatic carbocycles. The molecule has 0 bridgehead atoms. The predicted molar refractivity (Wildman–Crippen MR) is 97.8 cm³/mol. The summed E-state index contributed by atoms with van der Waals surface area (Å²) in [5, 5.41) is 0. The number of benzene rings is 1. The van der Waals surface area contributed by atoms with Crippen LogP contribution in [-0.4, -0.2) is 68.3 Å². The maximum Gasteiger partial charge on any atom is 0.260 e. The van der Waals surface area contributed by atoms with Gasteiger partial charge in [0.05, 0.1) is 6.61 Å². The molecule has 138 valence electrons. The molecule has 0 aromatic heterocycles. The summed E-state index contributed by atoms with van der Waals surface area (Å²) in [4.78, 5) is 17.3. The van der Waals surface area contributed by atoms with E-state index in [1.807, 2.05) is 31.2 Å². The van der Waals surface area contributed by atoms with Gasteiger partial charge in [-0.15, -0.1) is 0 Å². The molecular weight excluding hydrogens is 316 g/mol. The number of nitrogens with zero attached hydrogens (tertiary/aromatic N) is 2. The Morgan fingerprint density at radius 3 is 2.80 bits per heavy atom. The van der Waals surface area contributed by atoms with Crippen molar-refractivity contribution in [3.8, 4) is 5.75 Å². The van der Waals surface area contributed by atoms with Crippen molar-refractivity contribution in [2.24, 2.45) is 5.92 Å². The first-order valence-corrected chi connectivity index (χ1v) is 9.37. The zero-order chi connectivity index (χ0) is 17.6. The summed E-state index contributed by atoms with van der Waals surface area (Å²) < 4.78 is 11.3. The van der Waals surface area contributed by atoms with Crippen LogP contribution >= 0.6 is 0 Å². The molecule has 2 aliphatic rings. The number of piperidine rings is 1. The number of amides is 1. The zero-order valence-corrected chi connectivity index (χ0v) is 15.4. The van der Waals surface area contributed by atoms with Crippen molar-refractivity contribution in [3.05, 3.63) is 29.8 Å². The van der Waals surface area contributed by atoms with Crippen molar-refractivity contribution in [1.82, 2.24) is 9.80 Å². The van der Waals surface area contributed by atoms with Crippen LogP contribution in [0.25, 0.3) is 0 Å². The van der Waals surface area contributed by atoms with E-state index in [9.17, 15) is 4.79 Å². The Labute approximate surface area is 150 Å². The largest absolute Gasteiger partial charge is 0.484 e. The molecule has 0 saturated carbocycles. The van der Waals surface area contributed by atoms with Crippen molar-refractivity contribution in [3.63, 3.8) is 0 Å². The number of aryl methyl sites for hydroxylation is 1. The Morgan fingerprint density at radius 2 is 2.12 bits per heavy atom. The second-order valence-corrected chi connectivity index (χ2v) is 7.42. The number of hydrogen-bond donors (Lipinski definition) is 0. The summed E-state index contributed by atoms with van der Waals surface area (Å²) in [7, 11) is 2.15. The van der Waals surface area contributed by atoms with Crippen molar-refractivity contribution in [1.29, 1.82) is 0 Å². The highest BCUT2D eigenvalue weighted by molar-refractivity contribution is 5.78. The molecule has 1 aromatic rings. The fraction of sp³-hybridized carbons (Fsp3) is 0.650. The smallest absolute Gasteiger partial charge is 0.260 e. The molecule has 25 heavy (non-hydrogen) atoms. The van der Waals surface area contributed by atoms with Gasteiger partial charge in [0, 0.05) is 25.1 Å². The van der Waals surface area contributed by atoms with E-state index in [4.69, 9.17) is 9.47 Å². The van der Waals surface area contributed by atoms with E-state index in [0.717, 1.165) is 63.4 Å². The van der Waals surface area contributed by atoms with Gasteiger partial charge in [0.15, 0.2) is 6.61 Å². The molecule has 2 saturated heterocycles. The maximum absolute atomic E-state index is 12.9. The first kappa shape index (κ1) is 18.2. The first-order chi connectivity index (χ1) is 12.1. The van der Waals surface area contributed by atoms with Crippen LogP contribution in [0, 0.1) is 12.8 Å². The Hall–Kier alpha value is -1.59. The summed E-state index contributed by atoms with van der Waals surface area (Å²) in [6, 6.07) is 8.19. The van der Waals surface area contributed by atoms with Crippen LogP contribution in [0.1, 0.15) is 24.8 Å². The van der Waals surface area contributed by atoms with Gasteiger partial charge in [0.2, 0.25) is 0 Å². The summed E-state index contributed by atoms with van der Waals surface area (Å²) in [6.07, 6.45) is 3.13. The lowest BCUT2D eigenvalue weighted by Gasteiger charge is -2.38. The highest BCUT2D eigenvalue weighted by Gasteiger charge is 2.30. The molecule has 0 radical (unpaired) electrons. The molecule has 2 aliphatic heterocycles. The third-order valence-corrected chi connectivity index (χ3v) is 5.28. The van der Waals surface area contributed by atoms with Crippen LogP contribution in [0.3, 0.4) is 0 Å². The van der Waals surface area contributed by atoms with Crippen LogP contribution in [0.4, 0.5) is 0 Å². The van der Waals surface area contributed by atoms with Gasteiger partial charge in [-0.25, -0.2) is 0 Å². The lowest BCUT2D eigenvalue weighted by atomic mass is 10.0. The quantitative estimate of drug-likeness (QED) is 0.793. The van der Waals surface area contributed by atoms with E-state index in [2.05, 4.69) is 16.8 Å². The monoisotopic (exact) mass is 346 g/mol. The summed E-state index contributed by atoms with van der Waals surface area (Å²) in [5.41, 5.74) is 1.14. The van der Waals surface area contributed by atoms with Crippen molar-refractivity contribution in [2.45, 2.75) is 32.2 Å². The number of hydrogen-bond acceptors (Lipinski definition) is 4. The zero-order valence-electron chi connectivity index (χ0n) is 15.4. The van der Waals surface area contributed by atoms with Gasteiger partial charge >= 0.3 is 0 Å². The van der Waals surface area contributed by atoms with Crippen molar-refractivity contribution in [2.75, 3.05) is 46.5 Å². The highest BCUT2D eigenvalue weighted by Crippen LogP contribution is 2.21. The van der Waals surface area contributed by atoms with Crippen LogP contribution in [-0.2, 0) is 9.53 Å². The third kappa shape index (κ3) is 5.19. The van der Waals surface area contributed by atoms with Gasteiger partial charge in [-0.05, 0) is 64.0 Å². The summed E-state index contributed by atoms with van der Waals surface area (Å²) >= 11 is 0. The van der Waals surface area contributed by atoms with Gasteiger partial charge < -0.3 is 19.3 Å². The molecule has 1 amide bonds. The average molecular weight is 346 g/mol. The van der Waals surface area contributed by atoms with E-state index in [1.165, 1.54) is 0 Å². The standard InChI is InChI=1S/C20H30N2O3/c1-16-4-3-5-19(12-16)25-15-20(23)22(13-17-8-11-24-14-17)18-6-9-21(2)10-7-18/h3-5,12,17-18H,6-11,13-15H2,1-2H3. The highest BCUT2D eigenvalue weighted by atomic mass is 16.5. The maximum atomic E-state index is 12.9. The van der Waals surface area contributed by atoms with Gasteiger partial charge in [-0.3, -0.25) is 4.79 Å². The van der Waals surface area contributed by atoms with Crippen LogP contribution in [0.15, 0.2) is 24.3 Å². The SMILES string of the molecule is Cc1cccc(OCC(=O)N(CC2CCOC2)C2CCN(C)CC2)c1. The number of ether oxygens (including phenoxy) is 2. The molecule has 1 unspecified atom stereocenters. The van der Waals surface area contributed by atoms with E-state index in [0.29, 0.717) is 12.0 Å². The Morgan fingerprint density at radius 1 is 1.32 bits per heavy atom. The minimum absolute atomic E-state index is 0.1000. The summed E-state index contributed by atoms with van der Waals surface area (Å²) in [5.74, 6) is 1.33. The lowest BCUT2D eigenvalue weighted by Crippen LogP contribution is -2.49. The Balaban J connectivity index is 1.61. The minimum Gasteiger partial charge on any atom is -0.484 e. The van der Waals surface area contributed by atoms with Crippen molar-refractivity contribution >= 4 is 5.91 Å². The molecule has 2 heterocycles. The van der Waals surface area contributed by atoms with Crippen molar-refractivity contribution < 1.29 is 14.3 Å².